The molecular formula is C11H14N4O5S. The first-order valence-corrected chi connectivity index (χ1v) is 6.87. The van der Waals surface area contributed by atoms with E-state index in [4.69, 9.17) is 9.62 Å². The van der Waals surface area contributed by atoms with Gasteiger partial charge in [0.25, 0.3) is 5.19 Å². The number of anilines is 1. The first kappa shape index (κ1) is 15.2. The molecule has 1 aromatic heterocycles. The van der Waals surface area contributed by atoms with Gasteiger partial charge in [0.2, 0.25) is 11.4 Å². The Hall–Kier alpha value is -2.20. The zero-order valence-electron chi connectivity index (χ0n) is 11.5. The maximum absolute atomic E-state index is 12.3. The summed E-state index contributed by atoms with van der Waals surface area (Å²) in [7, 11) is 1.45. The minimum Gasteiger partial charge on any atom is -0.472 e. The highest BCUT2D eigenvalue weighted by Crippen LogP contribution is 2.31. The smallest absolute Gasteiger partial charge is 0.365 e. The van der Waals surface area contributed by atoms with Crippen LogP contribution in [0.3, 0.4) is 0 Å². The molecule has 2 rings (SSSR count). The Balaban J connectivity index is 2.17. The van der Waals surface area contributed by atoms with Gasteiger partial charge >= 0.3 is 12.0 Å². The van der Waals surface area contributed by atoms with Crippen molar-refractivity contribution in [1.29, 1.82) is 0 Å². The van der Waals surface area contributed by atoms with Crippen molar-refractivity contribution >= 4 is 28.5 Å². The summed E-state index contributed by atoms with van der Waals surface area (Å²) in [4.78, 5) is 35.7. The van der Waals surface area contributed by atoms with E-state index in [0.29, 0.717) is 16.9 Å². The number of carbonyl (C=O) groups excluding carboxylic acids is 2. The first-order valence-electron chi connectivity index (χ1n) is 6.06. The van der Waals surface area contributed by atoms with Crippen molar-refractivity contribution in [3.8, 4) is 5.19 Å². The summed E-state index contributed by atoms with van der Waals surface area (Å²) in [5, 5.41) is 8.24. The fourth-order valence-electron chi connectivity index (χ4n) is 1.69. The van der Waals surface area contributed by atoms with Crippen LogP contribution >= 0.6 is 11.3 Å². The van der Waals surface area contributed by atoms with Gasteiger partial charge in [-0.2, -0.15) is 4.89 Å². The van der Waals surface area contributed by atoms with Crippen molar-refractivity contribution in [2.45, 2.75) is 13.2 Å². The molecule has 1 aromatic rings. The minimum absolute atomic E-state index is 0.238. The van der Waals surface area contributed by atoms with Crippen molar-refractivity contribution in [3.63, 3.8) is 0 Å². The molecular weight excluding hydrogens is 300 g/mol. The molecule has 21 heavy (non-hydrogen) atoms. The minimum atomic E-state index is -0.806. The number of rotatable bonds is 6. The van der Waals surface area contributed by atoms with E-state index in [-0.39, 0.29) is 12.6 Å². The summed E-state index contributed by atoms with van der Waals surface area (Å²) in [6.07, 6.45) is 0.158. The third-order valence-electron chi connectivity index (χ3n) is 2.71. The Labute approximate surface area is 124 Å². The van der Waals surface area contributed by atoms with Crippen molar-refractivity contribution in [1.82, 2.24) is 15.1 Å². The Morgan fingerprint density at radius 3 is 2.90 bits per heavy atom. The molecule has 0 aliphatic carbocycles. The molecule has 2 amide bonds. The highest BCUT2D eigenvalue weighted by Gasteiger charge is 2.41. The number of methoxy groups -OCH3 is 1. The fraction of sp³-hybridized carbons (Fsp3) is 0.455. The standard InChI is InChI=1S/C11H14N4O5S/c1-4-8(16)20-19-7-6-14(5-2)11(17)15(7)9-12-13-10(18-3)21-9/h4,7H,1,5-6H2,2-3H3. The summed E-state index contributed by atoms with van der Waals surface area (Å²) in [5.41, 5.74) is 0. The van der Waals surface area contributed by atoms with Gasteiger partial charge in [-0.3, -0.25) is 4.89 Å². The third-order valence-corrected chi connectivity index (χ3v) is 3.59. The van der Waals surface area contributed by atoms with E-state index in [1.807, 2.05) is 6.92 Å². The normalized spacial score (nSPS) is 18.0. The van der Waals surface area contributed by atoms with E-state index < -0.39 is 12.2 Å². The van der Waals surface area contributed by atoms with Gasteiger partial charge in [-0.1, -0.05) is 11.7 Å². The first-order chi connectivity index (χ1) is 10.1. The Kier molecular flexibility index (Phi) is 4.70. The van der Waals surface area contributed by atoms with Crippen LogP contribution in [0.2, 0.25) is 0 Å². The summed E-state index contributed by atoms with van der Waals surface area (Å²) >= 11 is 1.08. The van der Waals surface area contributed by atoms with E-state index in [2.05, 4.69) is 21.7 Å². The number of nitrogens with zero attached hydrogens (tertiary/aromatic N) is 4. The monoisotopic (exact) mass is 314 g/mol. The quantitative estimate of drug-likeness (QED) is 0.435. The van der Waals surface area contributed by atoms with Gasteiger partial charge in [0, 0.05) is 12.6 Å². The lowest BCUT2D eigenvalue weighted by Gasteiger charge is -2.17. The van der Waals surface area contributed by atoms with Crippen LogP contribution in [0, 0.1) is 0 Å². The average molecular weight is 314 g/mol. The van der Waals surface area contributed by atoms with Gasteiger partial charge in [0.1, 0.15) is 0 Å². The number of hydrogen-bond acceptors (Lipinski definition) is 8. The summed E-state index contributed by atoms with van der Waals surface area (Å²) in [6.45, 7) is 5.81. The highest BCUT2D eigenvalue weighted by atomic mass is 32.1. The maximum Gasteiger partial charge on any atom is 0.365 e. The van der Waals surface area contributed by atoms with Gasteiger partial charge in [-0.15, -0.1) is 5.10 Å². The molecule has 1 atom stereocenters. The number of amides is 2. The van der Waals surface area contributed by atoms with Crippen LogP contribution in [-0.4, -0.2) is 53.5 Å². The van der Waals surface area contributed by atoms with E-state index >= 15 is 0 Å². The van der Waals surface area contributed by atoms with Gasteiger partial charge in [0.05, 0.1) is 13.7 Å². The molecule has 0 spiro atoms. The summed E-state index contributed by atoms with van der Waals surface area (Å²) in [5.74, 6) is -0.743. The lowest BCUT2D eigenvalue weighted by atomic mass is 10.5. The average Bonchev–Trinajstić information content (AvgIpc) is 3.08. The van der Waals surface area contributed by atoms with Crippen LogP contribution in [0.25, 0.3) is 0 Å². The van der Waals surface area contributed by atoms with E-state index in [0.717, 1.165) is 17.4 Å². The molecule has 1 unspecified atom stereocenters. The molecule has 0 aromatic carbocycles. The van der Waals surface area contributed by atoms with Gasteiger partial charge in [-0.25, -0.2) is 14.5 Å². The molecule has 114 valence electrons. The molecule has 0 N–H and O–H groups in total. The molecule has 1 fully saturated rings. The van der Waals surface area contributed by atoms with E-state index in [1.165, 1.54) is 16.9 Å². The van der Waals surface area contributed by atoms with Crippen LogP contribution < -0.4 is 9.64 Å². The molecule has 1 saturated heterocycles. The second kappa shape index (κ2) is 6.50. The van der Waals surface area contributed by atoms with Gasteiger partial charge in [-0.05, 0) is 18.3 Å². The van der Waals surface area contributed by atoms with E-state index in [9.17, 15) is 9.59 Å². The van der Waals surface area contributed by atoms with Crippen molar-refractivity contribution in [3.05, 3.63) is 12.7 Å². The zero-order valence-corrected chi connectivity index (χ0v) is 12.3. The maximum atomic E-state index is 12.3. The molecule has 0 saturated carbocycles. The van der Waals surface area contributed by atoms with Crippen molar-refractivity contribution in [2.24, 2.45) is 0 Å². The zero-order chi connectivity index (χ0) is 15.4. The molecule has 1 aliphatic heterocycles. The van der Waals surface area contributed by atoms with Crippen LogP contribution in [0.4, 0.5) is 9.93 Å². The van der Waals surface area contributed by atoms with Gasteiger partial charge < -0.3 is 9.64 Å². The molecule has 1 aliphatic rings. The fourth-order valence-corrected chi connectivity index (χ4v) is 2.38. The topological polar surface area (TPSA) is 94.1 Å². The third kappa shape index (κ3) is 3.11. The number of carbonyl (C=O) groups is 2. The highest BCUT2D eigenvalue weighted by molar-refractivity contribution is 7.17. The lowest BCUT2D eigenvalue weighted by molar-refractivity contribution is -0.289. The summed E-state index contributed by atoms with van der Waals surface area (Å²) < 4.78 is 4.95. The van der Waals surface area contributed by atoms with Crippen LogP contribution in [0.1, 0.15) is 6.92 Å². The SMILES string of the molecule is C=CC(=O)OOC1CN(CC)C(=O)N1c1nnc(OC)s1. The number of likely N-dealkylation sites (N-methyl/N-ethyl adjacent to an activating group) is 1. The Morgan fingerprint density at radius 2 is 2.33 bits per heavy atom. The Morgan fingerprint density at radius 1 is 1.57 bits per heavy atom. The second-order valence-corrected chi connectivity index (χ2v) is 4.82. The largest absolute Gasteiger partial charge is 0.472 e. The number of hydrogen-bond donors (Lipinski definition) is 0. The van der Waals surface area contributed by atoms with Gasteiger partial charge in [0.15, 0.2) is 0 Å². The molecule has 2 heterocycles. The predicted octanol–water partition coefficient (Wildman–Crippen LogP) is 0.795. The number of aromatic nitrogens is 2. The van der Waals surface area contributed by atoms with Crippen LogP contribution in [0.15, 0.2) is 12.7 Å². The summed E-state index contributed by atoms with van der Waals surface area (Å²) in [6, 6.07) is -0.309. The lowest BCUT2D eigenvalue weighted by Crippen LogP contribution is -2.36. The molecule has 10 heteroatoms. The van der Waals surface area contributed by atoms with Crippen molar-refractivity contribution in [2.75, 3.05) is 25.1 Å². The number of urea groups is 1. The van der Waals surface area contributed by atoms with E-state index in [1.54, 1.807) is 0 Å². The molecule has 0 bridgehead atoms. The second-order valence-electron chi connectivity index (χ2n) is 3.90. The predicted molar refractivity (Wildman–Crippen MR) is 72.7 cm³/mol. The van der Waals surface area contributed by atoms with Crippen molar-refractivity contribution < 1.29 is 24.1 Å². The van der Waals surface area contributed by atoms with Crippen LogP contribution in [0.5, 0.6) is 5.19 Å². The Bertz CT molecular complexity index is 548. The number of ether oxygens (including phenoxy) is 1. The van der Waals surface area contributed by atoms with Crippen LogP contribution in [-0.2, 0) is 14.6 Å². The molecule has 0 radical (unpaired) electrons. The molecule has 9 nitrogen and oxygen atoms in total.